The largest absolute Gasteiger partial charge is 0.393 e. The van der Waals surface area contributed by atoms with Crippen LogP contribution in [0.2, 0.25) is 0 Å². The third-order valence-electron chi connectivity index (χ3n) is 14.0. The van der Waals surface area contributed by atoms with Crippen LogP contribution in [-0.2, 0) is 14.8 Å². The summed E-state index contributed by atoms with van der Waals surface area (Å²) in [6.45, 7) is 7.06. The summed E-state index contributed by atoms with van der Waals surface area (Å²) in [7, 11) is -3.73. The Kier molecular flexibility index (Phi) is 7.54. The van der Waals surface area contributed by atoms with Gasteiger partial charge in [-0.15, -0.1) is 11.3 Å². The van der Waals surface area contributed by atoms with Crippen LogP contribution in [-0.4, -0.2) is 53.5 Å². The first-order chi connectivity index (χ1) is 20.9. The quantitative estimate of drug-likeness (QED) is 0.302. The molecule has 242 valence electrons. The van der Waals surface area contributed by atoms with Crippen molar-refractivity contribution in [1.82, 2.24) is 4.31 Å². The predicted octanol–water partition coefficient (Wildman–Crippen LogP) is 6.89. The van der Waals surface area contributed by atoms with E-state index in [0.29, 0.717) is 35.8 Å². The van der Waals surface area contributed by atoms with Gasteiger partial charge in [-0.05, 0) is 92.9 Å². The summed E-state index contributed by atoms with van der Waals surface area (Å²) in [4.78, 5) is 14.7. The van der Waals surface area contributed by atoms with Crippen molar-refractivity contribution in [2.24, 2.45) is 39.4 Å². The lowest BCUT2D eigenvalue weighted by Crippen LogP contribution is -2.67. The van der Waals surface area contributed by atoms with Gasteiger partial charge in [0.15, 0.2) is 5.78 Å². The summed E-state index contributed by atoms with van der Waals surface area (Å²) >= 11 is 1.23. The summed E-state index contributed by atoms with van der Waals surface area (Å²) < 4.78 is 29.5. The molecule has 1 aromatic rings. The van der Waals surface area contributed by atoms with E-state index < -0.39 is 26.5 Å². The van der Waals surface area contributed by atoms with Crippen LogP contribution in [0.1, 0.15) is 104 Å². The third-order valence-corrected chi connectivity index (χ3v) is 17.2. The Bertz CT molecular complexity index is 1460. The lowest BCUT2D eigenvalue weighted by atomic mass is 9.32. The van der Waals surface area contributed by atoms with Gasteiger partial charge in [0.25, 0.3) is 10.0 Å². The maximum atomic E-state index is 14.7. The number of fused-ring (bicyclic) bond motifs is 1. The Labute approximate surface area is 268 Å². The van der Waals surface area contributed by atoms with Crippen LogP contribution >= 0.6 is 11.3 Å². The second kappa shape index (κ2) is 10.6. The number of ketones is 1. The predicted molar refractivity (Wildman–Crippen MR) is 174 cm³/mol. The molecular formula is C36H51NO5S2. The number of carbonyl (C=O) groups is 1. The lowest BCUT2D eigenvalue weighted by molar-refractivity contribution is -0.177. The van der Waals surface area contributed by atoms with Gasteiger partial charge in [0.1, 0.15) is 4.21 Å². The zero-order valence-corrected chi connectivity index (χ0v) is 28.4. The third kappa shape index (κ3) is 4.12. The van der Waals surface area contributed by atoms with Crippen LogP contribution in [0.3, 0.4) is 0 Å². The van der Waals surface area contributed by atoms with Gasteiger partial charge in [0.2, 0.25) is 0 Å². The standard InChI is InChI=1S/C36H51NO5S2/c1-4-20-37(44(41,42)30-11-8-21-43-30)24-35(40)17-14-29-33(35,3)16-13-28-32(2)15-12-26(38)22-34(32)18-19-36(28,29)27(23-34)31(39)25-9-6-5-7-10-25/h8,11,18-19,21,23,25-26,28-29,38,40H,4-7,9-10,12-17,20,22,24H2,1-3H3. The molecule has 0 aliphatic heterocycles. The van der Waals surface area contributed by atoms with Gasteiger partial charge in [0, 0.05) is 40.8 Å². The van der Waals surface area contributed by atoms with Crippen molar-refractivity contribution in [2.45, 2.75) is 120 Å². The molecule has 0 aromatic carbocycles. The normalized spacial score (nSPS) is 43.4. The monoisotopic (exact) mass is 641 g/mol. The van der Waals surface area contributed by atoms with E-state index in [-0.39, 0.29) is 41.2 Å². The number of nitrogens with zero attached hydrogens (tertiary/aromatic N) is 1. The molecule has 2 bridgehead atoms. The molecule has 0 saturated heterocycles. The van der Waals surface area contributed by atoms with Crippen LogP contribution in [0.5, 0.6) is 0 Å². The summed E-state index contributed by atoms with van der Waals surface area (Å²) in [6.07, 6.45) is 18.1. The molecule has 0 amide bonds. The van der Waals surface area contributed by atoms with Gasteiger partial charge in [-0.25, -0.2) is 8.42 Å². The van der Waals surface area contributed by atoms with E-state index in [1.807, 2.05) is 6.92 Å². The van der Waals surface area contributed by atoms with E-state index >= 15 is 0 Å². The SMILES string of the molecule is CCCN(CC1(O)CCC2C34C=CC5(C=C3C(=O)C3CCCCC3)CC(O)CCC5(C)C4CCC21C)S(=O)(=O)c1cccs1. The molecule has 0 radical (unpaired) electrons. The number of rotatable bonds is 8. The zero-order chi connectivity index (χ0) is 31.2. The van der Waals surface area contributed by atoms with Crippen LogP contribution < -0.4 is 0 Å². The maximum absolute atomic E-state index is 14.7. The number of Topliss-reactive ketones (excluding diaryl/α,β-unsaturated/α-hetero) is 1. The number of sulfonamides is 1. The molecule has 2 spiro atoms. The molecule has 8 heteroatoms. The second-order valence-electron chi connectivity index (χ2n) is 15.8. The number of allylic oxidation sites excluding steroid dienone is 4. The van der Waals surface area contributed by atoms with Crippen LogP contribution in [0.15, 0.2) is 45.5 Å². The Balaban J connectivity index is 1.31. The molecule has 8 unspecified atom stereocenters. The van der Waals surface area contributed by atoms with Crippen molar-refractivity contribution < 1.29 is 23.4 Å². The zero-order valence-electron chi connectivity index (χ0n) is 26.8. The van der Waals surface area contributed by atoms with E-state index in [0.717, 1.165) is 63.4 Å². The first kappa shape index (κ1) is 31.3. The molecule has 7 aliphatic carbocycles. The van der Waals surface area contributed by atoms with Crippen molar-refractivity contribution >= 4 is 27.1 Å². The molecular weight excluding hydrogens is 591 g/mol. The van der Waals surface area contributed by atoms with Crippen LogP contribution in [0.4, 0.5) is 0 Å². The average Bonchev–Trinajstić information content (AvgIpc) is 3.64. The van der Waals surface area contributed by atoms with Crippen LogP contribution in [0.25, 0.3) is 0 Å². The van der Waals surface area contributed by atoms with Gasteiger partial charge in [-0.3, -0.25) is 4.79 Å². The number of hydrogen-bond acceptors (Lipinski definition) is 6. The van der Waals surface area contributed by atoms with Gasteiger partial charge in [-0.2, -0.15) is 4.31 Å². The molecule has 8 atom stereocenters. The van der Waals surface area contributed by atoms with Gasteiger partial charge in [-0.1, -0.05) is 64.3 Å². The fourth-order valence-electron chi connectivity index (χ4n) is 11.6. The molecule has 7 aliphatic rings. The minimum absolute atomic E-state index is 0.0451. The molecule has 6 nitrogen and oxygen atoms in total. The average molecular weight is 642 g/mol. The van der Waals surface area contributed by atoms with Gasteiger partial charge in [0.05, 0.1) is 11.7 Å². The number of thiophene rings is 1. The molecule has 1 heterocycles. The maximum Gasteiger partial charge on any atom is 0.252 e. The minimum atomic E-state index is -3.73. The molecule has 8 rings (SSSR count). The molecule has 2 N–H and O–H groups in total. The fourth-order valence-corrected chi connectivity index (χ4v) is 14.3. The first-order valence-electron chi connectivity index (χ1n) is 17.3. The highest BCUT2D eigenvalue weighted by atomic mass is 32.2. The Morgan fingerprint density at radius 1 is 1.00 bits per heavy atom. The van der Waals surface area contributed by atoms with E-state index in [1.165, 1.54) is 22.1 Å². The van der Waals surface area contributed by atoms with E-state index in [9.17, 15) is 23.4 Å². The Morgan fingerprint density at radius 3 is 2.41 bits per heavy atom. The van der Waals surface area contributed by atoms with E-state index in [1.54, 1.807) is 17.5 Å². The highest BCUT2D eigenvalue weighted by Gasteiger charge is 2.74. The van der Waals surface area contributed by atoms with Crippen molar-refractivity contribution in [1.29, 1.82) is 0 Å². The van der Waals surface area contributed by atoms with Crippen molar-refractivity contribution in [3.05, 3.63) is 41.3 Å². The molecule has 1 aromatic heterocycles. The summed E-state index contributed by atoms with van der Waals surface area (Å²) in [6, 6.07) is 3.43. The molecule has 4 saturated carbocycles. The fraction of sp³-hybridized carbons (Fsp3) is 0.750. The van der Waals surface area contributed by atoms with Gasteiger partial charge < -0.3 is 10.2 Å². The van der Waals surface area contributed by atoms with Crippen LogP contribution in [0, 0.1) is 39.4 Å². The first-order valence-corrected chi connectivity index (χ1v) is 19.6. The highest BCUT2D eigenvalue weighted by Crippen LogP contribution is 2.78. The number of hydrogen-bond donors (Lipinski definition) is 2. The number of carbonyl (C=O) groups excluding carboxylic acids is 1. The van der Waals surface area contributed by atoms with Gasteiger partial charge >= 0.3 is 0 Å². The van der Waals surface area contributed by atoms with E-state index in [2.05, 4.69) is 32.1 Å². The molecule has 4 fully saturated rings. The number of aliphatic hydroxyl groups is 2. The summed E-state index contributed by atoms with van der Waals surface area (Å²) in [5.74, 6) is 0.678. The summed E-state index contributed by atoms with van der Waals surface area (Å²) in [5.41, 5.74) is -1.60. The smallest absolute Gasteiger partial charge is 0.252 e. The Morgan fingerprint density at radius 2 is 1.70 bits per heavy atom. The second-order valence-corrected chi connectivity index (χ2v) is 18.9. The van der Waals surface area contributed by atoms with Crippen molar-refractivity contribution in [2.75, 3.05) is 13.1 Å². The van der Waals surface area contributed by atoms with Crippen molar-refractivity contribution in [3.63, 3.8) is 0 Å². The minimum Gasteiger partial charge on any atom is -0.393 e. The topological polar surface area (TPSA) is 94.9 Å². The highest BCUT2D eigenvalue weighted by molar-refractivity contribution is 7.91. The van der Waals surface area contributed by atoms with Crippen molar-refractivity contribution in [3.8, 4) is 0 Å². The Hall–Kier alpha value is -1.32. The van der Waals surface area contributed by atoms with E-state index in [4.69, 9.17) is 0 Å². The summed E-state index contributed by atoms with van der Waals surface area (Å²) in [5, 5.41) is 25.5. The number of aliphatic hydroxyl groups excluding tert-OH is 1. The lowest BCUT2D eigenvalue weighted by Gasteiger charge is -2.71. The molecule has 44 heavy (non-hydrogen) atoms.